The van der Waals surface area contributed by atoms with Crippen molar-refractivity contribution in [1.29, 1.82) is 0 Å². The summed E-state index contributed by atoms with van der Waals surface area (Å²) in [7, 11) is 0. The fourth-order valence-electron chi connectivity index (χ4n) is 3.92. The number of rotatable bonds is 18. The molecule has 0 saturated heterocycles. The molecule has 0 spiro atoms. The summed E-state index contributed by atoms with van der Waals surface area (Å²) in [5.74, 6) is 0. The Morgan fingerprint density at radius 1 is 0.560 bits per heavy atom. The van der Waals surface area contributed by atoms with E-state index in [0.29, 0.717) is 0 Å². The lowest BCUT2D eigenvalue weighted by Gasteiger charge is -2.14. The Labute approximate surface area is 165 Å². The van der Waals surface area contributed by atoms with Gasteiger partial charge in [-0.05, 0) is 12.8 Å². The van der Waals surface area contributed by atoms with E-state index >= 15 is 0 Å². The summed E-state index contributed by atoms with van der Waals surface area (Å²) in [6.07, 6.45) is 24.2. The average Bonchev–Trinajstić information content (AvgIpc) is 2.57. The molecule has 0 fully saturated rings. The summed E-state index contributed by atoms with van der Waals surface area (Å²) in [6, 6.07) is 0. The molecule has 0 aromatic heterocycles. The smallest absolute Gasteiger partial charge is 0.148 e. The Morgan fingerprint density at radius 2 is 0.920 bits per heavy atom. The van der Waals surface area contributed by atoms with Gasteiger partial charge in [0.25, 0.3) is 14.1 Å². The molecule has 148 valence electrons. The van der Waals surface area contributed by atoms with Gasteiger partial charge in [0, 0.05) is 0 Å². The number of unbranched alkanes of at least 4 members (excludes halogenated alkanes) is 14. The van der Waals surface area contributed by atoms with Crippen LogP contribution >= 0.6 is 0 Å². The van der Waals surface area contributed by atoms with Gasteiger partial charge in [-0.15, -0.1) is 11.0 Å². The zero-order valence-corrected chi connectivity index (χ0v) is 19.6. The third-order valence-corrected chi connectivity index (χ3v) is 9.42. The second-order valence-electron chi connectivity index (χ2n) is 8.88. The number of hydrogen-bond acceptors (Lipinski definition) is 0. The molecule has 0 bridgehead atoms. The monoisotopic (exact) mass is 364 g/mol. The number of hydrogen-bond donors (Lipinski definition) is 0. The van der Waals surface area contributed by atoms with E-state index < -0.39 is 14.1 Å². The van der Waals surface area contributed by atoms with E-state index in [1.165, 1.54) is 96.3 Å². The van der Waals surface area contributed by atoms with Gasteiger partial charge >= 0.3 is 0 Å². The standard InChI is InChI=1S/C18H35.2C3H7.Al/c1-3-5-7-9-11-13-15-17-18-16-14-12-10-8-6-4-2;2*1-3-2;/h1,3H,4-18H2,2H3;2*3H,1-2H3;. The summed E-state index contributed by atoms with van der Waals surface area (Å²) in [5.41, 5.74) is 0. The van der Waals surface area contributed by atoms with Crippen LogP contribution in [0.25, 0.3) is 0 Å². The predicted octanol–water partition coefficient (Wildman–Crippen LogP) is 9.27. The summed E-state index contributed by atoms with van der Waals surface area (Å²) in [6.45, 7) is 11.9. The van der Waals surface area contributed by atoms with Gasteiger partial charge in [-0.2, -0.15) is 0 Å². The molecule has 0 aliphatic rings. The van der Waals surface area contributed by atoms with Crippen LogP contribution in [0.4, 0.5) is 0 Å². The number of allylic oxidation sites excluding steroid dienone is 1. The van der Waals surface area contributed by atoms with Gasteiger partial charge in [0.15, 0.2) is 0 Å². The molecule has 0 saturated carbocycles. The van der Waals surface area contributed by atoms with Gasteiger partial charge in [-0.3, -0.25) is 0 Å². The highest BCUT2D eigenvalue weighted by molar-refractivity contribution is 6.66. The van der Waals surface area contributed by atoms with Gasteiger partial charge in [0.1, 0.15) is 0 Å². The third-order valence-electron chi connectivity index (χ3n) is 5.62. The van der Waals surface area contributed by atoms with Crippen molar-refractivity contribution >= 4 is 14.1 Å². The topological polar surface area (TPSA) is 0 Å². The quantitative estimate of drug-likeness (QED) is 0.168. The van der Waals surface area contributed by atoms with Gasteiger partial charge in [-0.25, -0.2) is 0 Å². The van der Waals surface area contributed by atoms with Crippen molar-refractivity contribution in [3.63, 3.8) is 0 Å². The van der Waals surface area contributed by atoms with Crippen molar-refractivity contribution in [1.82, 2.24) is 0 Å². The van der Waals surface area contributed by atoms with Crippen LogP contribution in [0.3, 0.4) is 0 Å². The minimum atomic E-state index is -0.654. The van der Waals surface area contributed by atoms with Crippen molar-refractivity contribution in [2.45, 2.75) is 140 Å². The Balaban J connectivity index is 3.29. The lowest BCUT2D eigenvalue weighted by Crippen LogP contribution is -2.18. The Kier molecular flexibility index (Phi) is 19.3. The first-order valence-corrected chi connectivity index (χ1v) is 13.8. The first-order valence-electron chi connectivity index (χ1n) is 11.8. The molecule has 0 nitrogen and oxygen atoms in total. The van der Waals surface area contributed by atoms with Gasteiger partial charge in [-0.1, -0.05) is 128 Å². The van der Waals surface area contributed by atoms with Crippen molar-refractivity contribution in [2.24, 2.45) is 0 Å². The summed E-state index contributed by atoms with van der Waals surface area (Å²) >= 11 is -0.654. The molecule has 0 atom stereocenters. The molecule has 0 heterocycles. The zero-order valence-electron chi connectivity index (χ0n) is 18.5. The molecular formula is C24H49Al. The summed E-state index contributed by atoms with van der Waals surface area (Å²) in [4.78, 5) is 2.62. The van der Waals surface area contributed by atoms with E-state index in [2.05, 4.69) is 45.6 Å². The Bertz CT molecular complexity index is 272. The van der Waals surface area contributed by atoms with Crippen LogP contribution < -0.4 is 0 Å². The SMILES string of the molecule is CCCCCCCCCCCCCCCCC=[CH][Al]([CH](C)C)[CH](C)C. The van der Waals surface area contributed by atoms with E-state index in [9.17, 15) is 0 Å². The summed E-state index contributed by atoms with van der Waals surface area (Å²) in [5, 5.41) is 0. The molecule has 0 unspecified atom stereocenters. The molecule has 0 rings (SSSR count). The molecule has 0 aromatic carbocycles. The van der Waals surface area contributed by atoms with Crippen molar-refractivity contribution < 1.29 is 0 Å². The van der Waals surface area contributed by atoms with Gasteiger partial charge < -0.3 is 0 Å². The first kappa shape index (κ1) is 25.3. The van der Waals surface area contributed by atoms with Crippen molar-refractivity contribution in [2.75, 3.05) is 0 Å². The normalized spacial score (nSPS) is 12.0. The highest BCUT2D eigenvalue weighted by Crippen LogP contribution is 2.21. The molecule has 25 heavy (non-hydrogen) atoms. The first-order chi connectivity index (χ1) is 12.1. The van der Waals surface area contributed by atoms with Crippen LogP contribution in [-0.2, 0) is 0 Å². The molecule has 0 amide bonds. The van der Waals surface area contributed by atoms with Gasteiger partial charge in [0.2, 0.25) is 0 Å². The highest BCUT2D eigenvalue weighted by Gasteiger charge is 2.21. The van der Waals surface area contributed by atoms with Gasteiger partial charge in [0.05, 0.1) is 0 Å². The fourth-order valence-corrected chi connectivity index (χ4v) is 6.86. The van der Waals surface area contributed by atoms with E-state index in [0.717, 1.165) is 9.56 Å². The minimum absolute atomic E-state index is 0.654. The average molecular weight is 365 g/mol. The van der Waals surface area contributed by atoms with E-state index in [-0.39, 0.29) is 0 Å². The van der Waals surface area contributed by atoms with Crippen LogP contribution in [0.15, 0.2) is 11.0 Å². The van der Waals surface area contributed by atoms with E-state index in [1.54, 1.807) is 0 Å². The Hall–Kier alpha value is 0.272. The van der Waals surface area contributed by atoms with Crippen LogP contribution in [-0.4, -0.2) is 14.1 Å². The second-order valence-corrected chi connectivity index (χ2v) is 13.1. The third kappa shape index (κ3) is 17.4. The summed E-state index contributed by atoms with van der Waals surface area (Å²) < 4.78 is 1.82. The maximum absolute atomic E-state index is 2.62. The molecule has 0 aliphatic carbocycles. The van der Waals surface area contributed by atoms with Crippen LogP contribution in [0.5, 0.6) is 0 Å². The molecule has 0 aliphatic heterocycles. The largest absolute Gasteiger partial charge is 0.299 e. The van der Waals surface area contributed by atoms with Crippen molar-refractivity contribution in [3.8, 4) is 0 Å². The maximum atomic E-state index is 2.62. The van der Waals surface area contributed by atoms with E-state index in [1.807, 2.05) is 0 Å². The van der Waals surface area contributed by atoms with Crippen LogP contribution in [0, 0.1) is 0 Å². The minimum Gasteiger partial charge on any atom is -0.148 e. The molecular weight excluding hydrogens is 315 g/mol. The lowest BCUT2D eigenvalue weighted by atomic mass is 10.0. The van der Waals surface area contributed by atoms with E-state index in [4.69, 9.17) is 0 Å². The maximum Gasteiger partial charge on any atom is 0.299 e. The Morgan fingerprint density at radius 3 is 1.28 bits per heavy atom. The molecule has 0 aromatic rings. The van der Waals surface area contributed by atoms with Crippen molar-refractivity contribution in [3.05, 3.63) is 11.0 Å². The van der Waals surface area contributed by atoms with Crippen LogP contribution in [0.1, 0.15) is 131 Å². The second kappa shape index (κ2) is 19.0. The highest BCUT2D eigenvalue weighted by atomic mass is 27.2. The predicted molar refractivity (Wildman–Crippen MR) is 120 cm³/mol. The lowest BCUT2D eigenvalue weighted by molar-refractivity contribution is 0.536. The fraction of sp³-hybridized carbons (Fsp3) is 0.917. The molecule has 0 N–H and O–H groups in total. The molecule has 0 radical (unpaired) electrons. The van der Waals surface area contributed by atoms with Crippen LogP contribution in [0.2, 0.25) is 9.56 Å². The molecule has 1 heteroatoms. The zero-order chi connectivity index (χ0) is 18.8.